The maximum Gasteiger partial charge on any atom is 0.187 e. The van der Waals surface area contributed by atoms with Crippen molar-refractivity contribution in [2.45, 2.75) is 11.0 Å². The lowest BCUT2D eigenvalue weighted by molar-refractivity contribution is 0.179. The molecule has 1 aromatic rings. The molecule has 0 saturated carbocycles. The molecule has 0 aliphatic carbocycles. The zero-order valence-corrected chi connectivity index (χ0v) is 10.6. The largest absolute Gasteiger partial charge is 0.493 e. The highest BCUT2D eigenvalue weighted by molar-refractivity contribution is 7.90. The van der Waals surface area contributed by atoms with E-state index in [0.29, 0.717) is 12.3 Å². The lowest BCUT2D eigenvalue weighted by atomic mass is 10.1. The molecule has 0 fully saturated rings. The number of halogens is 2. The van der Waals surface area contributed by atoms with Crippen LogP contribution in [0.2, 0.25) is 0 Å². The summed E-state index contributed by atoms with van der Waals surface area (Å²) in [5, 5.41) is 9.50. The van der Waals surface area contributed by atoms with Crippen LogP contribution in [0.15, 0.2) is 11.0 Å². The summed E-state index contributed by atoms with van der Waals surface area (Å²) in [6.07, 6.45) is -0.676. The van der Waals surface area contributed by atoms with Gasteiger partial charge in [-0.15, -0.1) is 0 Å². The topological polar surface area (TPSA) is 89.6 Å². The molecule has 3 N–H and O–H groups in total. The van der Waals surface area contributed by atoms with E-state index < -0.39 is 38.2 Å². The normalized spacial score (nSPS) is 13.4. The Balaban J connectivity index is 3.65. The standard InChI is InChI=1S/C10H13F2NO4S/c1-17-9-5(7(14)4-13)3-6(11)10(8(9)12)18(2,15)16/h3,7,14H,4,13H2,1-2H3. The number of methoxy groups -OCH3 is 1. The van der Waals surface area contributed by atoms with Crippen LogP contribution in [0.4, 0.5) is 8.78 Å². The summed E-state index contributed by atoms with van der Waals surface area (Å²) in [5.74, 6) is -3.20. The number of hydrogen-bond acceptors (Lipinski definition) is 5. The first-order valence-electron chi connectivity index (χ1n) is 4.88. The summed E-state index contributed by atoms with van der Waals surface area (Å²) in [4.78, 5) is -1.09. The van der Waals surface area contributed by atoms with Crippen molar-refractivity contribution in [3.05, 3.63) is 23.3 Å². The van der Waals surface area contributed by atoms with E-state index >= 15 is 0 Å². The van der Waals surface area contributed by atoms with Crippen LogP contribution < -0.4 is 10.5 Å². The van der Waals surface area contributed by atoms with E-state index in [2.05, 4.69) is 4.74 Å². The van der Waals surface area contributed by atoms with Gasteiger partial charge in [0, 0.05) is 18.4 Å². The number of aliphatic hydroxyl groups is 1. The Bertz CT molecular complexity index is 559. The van der Waals surface area contributed by atoms with E-state index in [-0.39, 0.29) is 12.1 Å². The number of nitrogens with two attached hydrogens (primary N) is 1. The van der Waals surface area contributed by atoms with Crippen molar-refractivity contribution in [2.24, 2.45) is 5.73 Å². The fraction of sp³-hybridized carbons (Fsp3) is 0.400. The van der Waals surface area contributed by atoms with E-state index in [4.69, 9.17) is 5.73 Å². The fourth-order valence-electron chi connectivity index (χ4n) is 1.52. The van der Waals surface area contributed by atoms with Crippen LogP contribution in [-0.2, 0) is 9.84 Å². The second kappa shape index (κ2) is 5.17. The summed E-state index contributed by atoms with van der Waals surface area (Å²) in [5.41, 5.74) is 4.95. The molecule has 8 heteroatoms. The van der Waals surface area contributed by atoms with E-state index in [1.165, 1.54) is 0 Å². The molecule has 0 aliphatic heterocycles. The summed E-state index contributed by atoms with van der Waals surface area (Å²) in [7, 11) is -3.01. The van der Waals surface area contributed by atoms with Gasteiger partial charge in [-0.3, -0.25) is 0 Å². The smallest absolute Gasteiger partial charge is 0.187 e. The molecule has 18 heavy (non-hydrogen) atoms. The van der Waals surface area contributed by atoms with Crippen molar-refractivity contribution in [2.75, 3.05) is 19.9 Å². The Morgan fingerprint density at radius 3 is 2.44 bits per heavy atom. The average Bonchev–Trinajstić information content (AvgIpc) is 2.25. The number of aliphatic hydroxyl groups excluding tert-OH is 1. The zero-order valence-electron chi connectivity index (χ0n) is 9.78. The molecular formula is C10H13F2NO4S. The SMILES string of the molecule is COc1c(C(O)CN)cc(F)c(S(C)(=O)=O)c1F. The van der Waals surface area contributed by atoms with Crippen LogP contribution in [0.1, 0.15) is 11.7 Å². The van der Waals surface area contributed by atoms with Crippen LogP contribution in [0.3, 0.4) is 0 Å². The highest BCUT2D eigenvalue weighted by Crippen LogP contribution is 2.34. The van der Waals surface area contributed by atoms with Gasteiger partial charge in [0.05, 0.1) is 13.2 Å². The molecule has 0 aromatic heterocycles. The number of benzene rings is 1. The molecule has 5 nitrogen and oxygen atoms in total. The number of hydrogen-bond donors (Lipinski definition) is 2. The Hall–Kier alpha value is -1.25. The fourth-order valence-corrected chi connectivity index (χ4v) is 2.36. The molecule has 102 valence electrons. The molecule has 0 aliphatic rings. The van der Waals surface area contributed by atoms with Crippen molar-refractivity contribution in [1.82, 2.24) is 0 Å². The molecule has 0 saturated heterocycles. The van der Waals surface area contributed by atoms with Gasteiger partial charge in [0.1, 0.15) is 10.7 Å². The number of sulfone groups is 1. The third-order valence-electron chi connectivity index (χ3n) is 2.32. The van der Waals surface area contributed by atoms with Crippen LogP contribution in [0, 0.1) is 11.6 Å². The average molecular weight is 281 g/mol. The molecule has 1 atom stereocenters. The van der Waals surface area contributed by atoms with E-state index in [0.717, 1.165) is 7.11 Å². The number of ether oxygens (including phenoxy) is 1. The van der Waals surface area contributed by atoms with Crippen molar-refractivity contribution in [3.8, 4) is 5.75 Å². The molecule has 0 amide bonds. The Labute approximate surface area is 103 Å². The molecule has 0 radical (unpaired) electrons. The third-order valence-corrected chi connectivity index (χ3v) is 3.43. The minimum atomic E-state index is -4.09. The van der Waals surface area contributed by atoms with Crippen molar-refractivity contribution < 1.29 is 27.0 Å². The summed E-state index contributed by atoms with van der Waals surface area (Å²) < 4.78 is 54.7. The first-order valence-corrected chi connectivity index (χ1v) is 6.77. The summed E-state index contributed by atoms with van der Waals surface area (Å²) >= 11 is 0. The van der Waals surface area contributed by atoms with Crippen molar-refractivity contribution >= 4 is 9.84 Å². The van der Waals surface area contributed by atoms with Gasteiger partial charge in [-0.25, -0.2) is 17.2 Å². The van der Waals surface area contributed by atoms with Crippen LogP contribution >= 0.6 is 0 Å². The molecule has 1 rings (SSSR count). The van der Waals surface area contributed by atoms with Crippen molar-refractivity contribution in [3.63, 3.8) is 0 Å². The van der Waals surface area contributed by atoms with Gasteiger partial charge in [-0.1, -0.05) is 0 Å². The first-order chi connectivity index (χ1) is 8.23. The maximum atomic E-state index is 13.9. The Morgan fingerprint density at radius 2 is 2.06 bits per heavy atom. The Morgan fingerprint density at radius 1 is 1.50 bits per heavy atom. The van der Waals surface area contributed by atoms with Crippen LogP contribution in [0.5, 0.6) is 5.75 Å². The second-order valence-electron chi connectivity index (χ2n) is 3.65. The molecule has 0 heterocycles. The number of rotatable bonds is 4. The maximum absolute atomic E-state index is 13.9. The monoisotopic (exact) mass is 281 g/mol. The molecule has 0 spiro atoms. The second-order valence-corrected chi connectivity index (χ2v) is 5.60. The zero-order chi connectivity index (χ0) is 14.1. The van der Waals surface area contributed by atoms with Crippen LogP contribution in [0.25, 0.3) is 0 Å². The van der Waals surface area contributed by atoms with Gasteiger partial charge >= 0.3 is 0 Å². The Kier molecular flexibility index (Phi) is 4.25. The lowest BCUT2D eigenvalue weighted by Gasteiger charge is -2.16. The van der Waals surface area contributed by atoms with Crippen molar-refractivity contribution in [1.29, 1.82) is 0 Å². The molecular weight excluding hydrogens is 268 g/mol. The predicted octanol–water partition coefficient (Wildman–Crippen LogP) is 0.369. The van der Waals surface area contributed by atoms with Crippen LogP contribution in [-0.4, -0.2) is 33.4 Å². The lowest BCUT2D eigenvalue weighted by Crippen LogP contribution is -2.15. The quantitative estimate of drug-likeness (QED) is 0.832. The van der Waals surface area contributed by atoms with E-state index in [9.17, 15) is 22.3 Å². The third kappa shape index (κ3) is 2.60. The highest BCUT2D eigenvalue weighted by Gasteiger charge is 2.28. The highest BCUT2D eigenvalue weighted by atomic mass is 32.2. The summed E-state index contributed by atoms with van der Waals surface area (Å²) in [6.45, 7) is -0.284. The first kappa shape index (κ1) is 14.8. The molecule has 0 bridgehead atoms. The van der Waals surface area contributed by atoms with Gasteiger partial charge in [0.2, 0.25) is 0 Å². The van der Waals surface area contributed by atoms with Gasteiger partial charge in [0.15, 0.2) is 21.4 Å². The van der Waals surface area contributed by atoms with Gasteiger partial charge in [-0.05, 0) is 6.07 Å². The van der Waals surface area contributed by atoms with Gasteiger partial charge in [-0.2, -0.15) is 0 Å². The van der Waals surface area contributed by atoms with Gasteiger partial charge < -0.3 is 15.6 Å². The predicted molar refractivity (Wildman–Crippen MR) is 60.0 cm³/mol. The molecule has 1 unspecified atom stereocenters. The minimum Gasteiger partial charge on any atom is -0.493 e. The minimum absolute atomic E-state index is 0.234. The van der Waals surface area contributed by atoms with Gasteiger partial charge in [0.25, 0.3) is 0 Å². The summed E-state index contributed by atoms with van der Waals surface area (Å²) in [6, 6.07) is 0.704. The van der Waals surface area contributed by atoms with E-state index in [1.54, 1.807) is 0 Å². The molecule has 1 aromatic carbocycles. The van der Waals surface area contributed by atoms with E-state index in [1.807, 2.05) is 0 Å².